The summed E-state index contributed by atoms with van der Waals surface area (Å²) in [6, 6.07) is 11.8. The molecule has 2 rings (SSSR count). The van der Waals surface area contributed by atoms with E-state index in [1.54, 1.807) is 7.11 Å². The minimum Gasteiger partial charge on any atom is -0.497 e. The van der Waals surface area contributed by atoms with Gasteiger partial charge in [0.25, 0.3) is 0 Å². The standard InChI is InChI=1S/C19H26N2O4S/c1-14(19(22)20-10-5-11-21(2)26(4,23)24)15-6-7-17-13-18(25-3)9-8-16(17)12-15/h6-9,12-14H,5,10-11H2,1-4H3,(H,20,22)/t14-/m1/s1. The third-order valence-corrected chi connectivity index (χ3v) is 5.79. The monoisotopic (exact) mass is 378 g/mol. The summed E-state index contributed by atoms with van der Waals surface area (Å²) < 4.78 is 29.2. The number of nitrogens with one attached hydrogen (secondary N) is 1. The maximum atomic E-state index is 12.4. The van der Waals surface area contributed by atoms with Crippen LogP contribution >= 0.6 is 0 Å². The van der Waals surface area contributed by atoms with Crippen LogP contribution in [0.3, 0.4) is 0 Å². The molecule has 0 bridgehead atoms. The predicted octanol–water partition coefficient (Wildman–Crippen LogP) is 2.35. The summed E-state index contributed by atoms with van der Waals surface area (Å²) in [7, 11) is -0.0109. The Kier molecular flexibility index (Phi) is 6.61. The van der Waals surface area contributed by atoms with Crippen LogP contribution in [0.4, 0.5) is 0 Å². The molecule has 2 aromatic rings. The van der Waals surface area contributed by atoms with Gasteiger partial charge >= 0.3 is 0 Å². The zero-order valence-corrected chi connectivity index (χ0v) is 16.5. The molecule has 0 aliphatic carbocycles. The molecule has 26 heavy (non-hydrogen) atoms. The van der Waals surface area contributed by atoms with E-state index in [-0.39, 0.29) is 11.8 Å². The van der Waals surface area contributed by atoms with Crippen molar-refractivity contribution in [1.29, 1.82) is 0 Å². The summed E-state index contributed by atoms with van der Waals surface area (Å²) in [5.74, 6) is 0.448. The number of methoxy groups -OCH3 is 1. The molecule has 1 amide bonds. The van der Waals surface area contributed by atoms with Gasteiger partial charge in [-0.25, -0.2) is 12.7 Å². The van der Waals surface area contributed by atoms with Gasteiger partial charge in [0.1, 0.15) is 5.75 Å². The fraction of sp³-hybridized carbons (Fsp3) is 0.421. The molecule has 0 aliphatic heterocycles. The van der Waals surface area contributed by atoms with Crippen molar-refractivity contribution in [3.8, 4) is 5.75 Å². The van der Waals surface area contributed by atoms with Crippen LogP contribution in [-0.2, 0) is 14.8 Å². The van der Waals surface area contributed by atoms with Crippen LogP contribution < -0.4 is 10.1 Å². The Morgan fingerprint density at radius 1 is 1.19 bits per heavy atom. The number of sulfonamides is 1. The van der Waals surface area contributed by atoms with Crippen molar-refractivity contribution in [2.75, 3.05) is 33.5 Å². The number of benzene rings is 2. The number of ether oxygens (including phenoxy) is 1. The number of fused-ring (bicyclic) bond motifs is 1. The minimum absolute atomic E-state index is 0.0696. The molecular weight excluding hydrogens is 352 g/mol. The first kappa shape index (κ1) is 20.2. The fourth-order valence-corrected chi connectivity index (χ4v) is 3.08. The van der Waals surface area contributed by atoms with Gasteiger partial charge in [0.15, 0.2) is 0 Å². The Bertz CT molecular complexity index is 880. The third-order valence-electron chi connectivity index (χ3n) is 4.48. The molecule has 0 spiro atoms. The highest BCUT2D eigenvalue weighted by Crippen LogP contribution is 2.25. The van der Waals surface area contributed by atoms with Crippen molar-refractivity contribution in [3.05, 3.63) is 42.0 Å². The molecule has 0 radical (unpaired) electrons. The Morgan fingerprint density at radius 3 is 2.50 bits per heavy atom. The van der Waals surface area contributed by atoms with E-state index in [9.17, 15) is 13.2 Å². The van der Waals surface area contributed by atoms with E-state index in [1.165, 1.54) is 17.6 Å². The molecule has 142 valence electrons. The molecule has 0 saturated heterocycles. The molecule has 7 heteroatoms. The van der Waals surface area contributed by atoms with Gasteiger partial charge in [-0.05, 0) is 41.8 Å². The quantitative estimate of drug-likeness (QED) is 0.716. The molecule has 0 aromatic heterocycles. The van der Waals surface area contributed by atoms with Crippen molar-refractivity contribution < 1.29 is 17.9 Å². The Morgan fingerprint density at radius 2 is 1.85 bits per heavy atom. The number of hydrogen-bond acceptors (Lipinski definition) is 4. The molecule has 1 atom stereocenters. The van der Waals surface area contributed by atoms with Gasteiger partial charge in [0.2, 0.25) is 15.9 Å². The number of hydrogen-bond donors (Lipinski definition) is 1. The number of amides is 1. The van der Waals surface area contributed by atoms with Gasteiger partial charge in [-0.2, -0.15) is 0 Å². The number of rotatable bonds is 8. The first-order valence-corrected chi connectivity index (χ1v) is 10.3. The second-order valence-electron chi connectivity index (χ2n) is 6.42. The lowest BCUT2D eigenvalue weighted by atomic mass is 9.97. The maximum Gasteiger partial charge on any atom is 0.227 e. The summed E-state index contributed by atoms with van der Waals surface area (Å²) in [4.78, 5) is 12.4. The van der Waals surface area contributed by atoms with E-state index in [0.29, 0.717) is 19.5 Å². The van der Waals surface area contributed by atoms with E-state index < -0.39 is 10.0 Å². The molecule has 1 N–H and O–H groups in total. The van der Waals surface area contributed by atoms with Crippen molar-refractivity contribution in [2.24, 2.45) is 0 Å². The Balaban J connectivity index is 1.94. The SMILES string of the molecule is COc1ccc2cc([C@@H](C)C(=O)NCCCN(C)S(C)(=O)=O)ccc2c1. The molecule has 6 nitrogen and oxygen atoms in total. The van der Waals surface area contributed by atoms with Gasteiger partial charge in [-0.3, -0.25) is 4.79 Å². The van der Waals surface area contributed by atoms with Gasteiger partial charge in [0, 0.05) is 20.1 Å². The van der Waals surface area contributed by atoms with Crippen LogP contribution in [0.2, 0.25) is 0 Å². The zero-order valence-electron chi connectivity index (χ0n) is 15.7. The van der Waals surface area contributed by atoms with E-state index in [0.717, 1.165) is 22.1 Å². The number of carbonyl (C=O) groups excluding carboxylic acids is 1. The summed E-state index contributed by atoms with van der Waals surface area (Å²) in [6.45, 7) is 2.68. The lowest BCUT2D eigenvalue weighted by Crippen LogP contribution is -2.32. The Labute approximate surface area is 155 Å². The third kappa shape index (κ3) is 5.19. The summed E-state index contributed by atoms with van der Waals surface area (Å²) in [6.07, 6.45) is 1.74. The summed E-state index contributed by atoms with van der Waals surface area (Å²) >= 11 is 0. The average Bonchev–Trinajstić information content (AvgIpc) is 2.62. The smallest absolute Gasteiger partial charge is 0.227 e. The molecule has 0 heterocycles. The minimum atomic E-state index is -3.18. The molecule has 2 aromatic carbocycles. The van der Waals surface area contributed by atoms with Crippen LogP contribution in [0.15, 0.2) is 36.4 Å². The zero-order chi connectivity index (χ0) is 19.3. The first-order valence-electron chi connectivity index (χ1n) is 8.49. The van der Waals surface area contributed by atoms with E-state index >= 15 is 0 Å². The van der Waals surface area contributed by atoms with Crippen molar-refractivity contribution in [1.82, 2.24) is 9.62 Å². The highest BCUT2D eigenvalue weighted by atomic mass is 32.2. The first-order chi connectivity index (χ1) is 12.2. The second kappa shape index (κ2) is 8.51. The average molecular weight is 378 g/mol. The number of carbonyl (C=O) groups is 1. The van der Waals surface area contributed by atoms with Gasteiger partial charge in [0.05, 0.1) is 19.3 Å². The lowest BCUT2D eigenvalue weighted by molar-refractivity contribution is -0.122. The largest absolute Gasteiger partial charge is 0.497 e. The van der Waals surface area contributed by atoms with Gasteiger partial charge in [-0.15, -0.1) is 0 Å². The molecular formula is C19H26N2O4S. The van der Waals surface area contributed by atoms with E-state index in [1.807, 2.05) is 43.3 Å². The summed E-state index contributed by atoms with van der Waals surface area (Å²) in [5.41, 5.74) is 0.938. The van der Waals surface area contributed by atoms with Gasteiger partial charge < -0.3 is 10.1 Å². The predicted molar refractivity (Wildman–Crippen MR) is 104 cm³/mol. The van der Waals surface area contributed by atoms with Crippen molar-refractivity contribution >= 4 is 26.7 Å². The maximum absolute atomic E-state index is 12.4. The molecule has 0 fully saturated rings. The van der Waals surface area contributed by atoms with Crippen LogP contribution in [0.5, 0.6) is 5.75 Å². The highest BCUT2D eigenvalue weighted by molar-refractivity contribution is 7.88. The van der Waals surface area contributed by atoms with Crippen molar-refractivity contribution in [3.63, 3.8) is 0 Å². The van der Waals surface area contributed by atoms with Crippen LogP contribution in [0, 0.1) is 0 Å². The second-order valence-corrected chi connectivity index (χ2v) is 8.51. The van der Waals surface area contributed by atoms with E-state index in [2.05, 4.69) is 5.32 Å². The molecule has 0 saturated carbocycles. The van der Waals surface area contributed by atoms with Crippen LogP contribution in [-0.4, -0.2) is 52.1 Å². The van der Waals surface area contributed by atoms with Gasteiger partial charge in [-0.1, -0.05) is 24.3 Å². The van der Waals surface area contributed by atoms with Crippen LogP contribution in [0.25, 0.3) is 10.8 Å². The van der Waals surface area contributed by atoms with Crippen LogP contribution in [0.1, 0.15) is 24.8 Å². The summed E-state index contributed by atoms with van der Waals surface area (Å²) in [5, 5.41) is 4.99. The fourth-order valence-electron chi connectivity index (χ4n) is 2.62. The molecule has 0 unspecified atom stereocenters. The Hall–Kier alpha value is -2.12. The molecule has 0 aliphatic rings. The lowest BCUT2D eigenvalue weighted by Gasteiger charge is -2.16. The number of nitrogens with zero attached hydrogens (tertiary/aromatic N) is 1. The highest BCUT2D eigenvalue weighted by Gasteiger charge is 2.16. The topological polar surface area (TPSA) is 75.7 Å². The van der Waals surface area contributed by atoms with Crippen molar-refractivity contribution in [2.45, 2.75) is 19.3 Å². The van der Waals surface area contributed by atoms with E-state index in [4.69, 9.17) is 4.74 Å². The normalized spacial score (nSPS) is 13.0.